The molecule has 2 rings (SSSR count). The second kappa shape index (κ2) is 7.82. The number of hydrogen-bond donors (Lipinski definition) is 0. The molecule has 1 aliphatic heterocycles. The monoisotopic (exact) mass is 265 g/mol. The van der Waals surface area contributed by atoms with Crippen LogP contribution in [0.2, 0.25) is 0 Å². The third-order valence-electron chi connectivity index (χ3n) is 3.35. The lowest BCUT2D eigenvalue weighted by molar-refractivity contribution is 0.0769. The largest absolute Gasteiger partial charge is 0.377 e. The van der Waals surface area contributed by atoms with Gasteiger partial charge in [-0.3, -0.25) is 0 Å². The predicted molar refractivity (Wildman–Crippen MR) is 78.3 cm³/mol. The highest BCUT2D eigenvalue weighted by molar-refractivity contribution is 7.99. The highest BCUT2D eigenvalue weighted by Crippen LogP contribution is 2.18. The van der Waals surface area contributed by atoms with Crippen molar-refractivity contribution in [1.29, 1.82) is 0 Å². The van der Waals surface area contributed by atoms with Crippen LogP contribution in [0.15, 0.2) is 35.2 Å². The Morgan fingerprint density at radius 1 is 1.33 bits per heavy atom. The zero-order valence-corrected chi connectivity index (χ0v) is 12.0. The van der Waals surface area contributed by atoms with Crippen molar-refractivity contribution >= 4 is 11.8 Å². The molecule has 2 nitrogen and oxygen atoms in total. The van der Waals surface area contributed by atoms with Gasteiger partial charge in [-0.1, -0.05) is 25.1 Å². The van der Waals surface area contributed by atoms with Gasteiger partial charge in [0.25, 0.3) is 0 Å². The molecule has 1 unspecified atom stereocenters. The zero-order valence-electron chi connectivity index (χ0n) is 11.2. The van der Waals surface area contributed by atoms with Crippen LogP contribution >= 0.6 is 11.8 Å². The van der Waals surface area contributed by atoms with Crippen LogP contribution in [0.4, 0.5) is 0 Å². The molecule has 1 aromatic rings. The van der Waals surface area contributed by atoms with Gasteiger partial charge in [0.15, 0.2) is 0 Å². The van der Waals surface area contributed by atoms with Gasteiger partial charge in [0.05, 0.1) is 6.10 Å². The normalized spacial score (nSPS) is 19.6. The van der Waals surface area contributed by atoms with Crippen molar-refractivity contribution in [2.45, 2.75) is 30.8 Å². The third-order valence-corrected chi connectivity index (χ3v) is 4.34. The number of thioether (sulfide) groups is 1. The minimum absolute atomic E-state index is 0.478. The first-order valence-corrected chi connectivity index (χ1v) is 7.89. The van der Waals surface area contributed by atoms with Gasteiger partial charge < -0.3 is 9.64 Å². The minimum atomic E-state index is 0.478. The van der Waals surface area contributed by atoms with E-state index in [1.54, 1.807) is 0 Å². The van der Waals surface area contributed by atoms with Crippen molar-refractivity contribution in [1.82, 2.24) is 4.90 Å². The number of hydrogen-bond acceptors (Lipinski definition) is 3. The standard InChI is InChI=1S/C15H23NOS/c1-2-16(13-14-7-6-11-17-14)10-12-18-15-8-4-3-5-9-15/h3-5,8-9,14H,2,6-7,10-13H2,1H3. The van der Waals surface area contributed by atoms with Crippen molar-refractivity contribution in [2.24, 2.45) is 0 Å². The maximum absolute atomic E-state index is 5.70. The van der Waals surface area contributed by atoms with Gasteiger partial charge in [-0.05, 0) is 31.5 Å². The molecule has 3 heteroatoms. The molecular weight excluding hydrogens is 242 g/mol. The molecule has 0 radical (unpaired) electrons. The molecular formula is C15H23NOS. The second-order valence-corrected chi connectivity index (χ2v) is 5.86. The van der Waals surface area contributed by atoms with Crippen molar-refractivity contribution in [3.8, 4) is 0 Å². The number of likely N-dealkylation sites (N-methyl/N-ethyl adjacent to an activating group) is 1. The average Bonchev–Trinajstić information content (AvgIpc) is 2.92. The summed E-state index contributed by atoms with van der Waals surface area (Å²) in [4.78, 5) is 3.87. The molecule has 1 aliphatic rings. The summed E-state index contributed by atoms with van der Waals surface area (Å²) in [5.74, 6) is 1.16. The number of benzene rings is 1. The van der Waals surface area contributed by atoms with Crippen molar-refractivity contribution in [2.75, 3.05) is 32.0 Å². The molecule has 1 atom stereocenters. The molecule has 100 valence electrons. The number of ether oxygens (including phenoxy) is 1. The molecule has 1 heterocycles. The van der Waals surface area contributed by atoms with Crippen LogP contribution in [0.3, 0.4) is 0 Å². The molecule has 1 fully saturated rings. The lowest BCUT2D eigenvalue weighted by Gasteiger charge is -2.23. The van der Waals surface area contributed by atoms with E-state index in [-0.39, 0.29) is 0 Å². The molecule has 0 saturated carbocycles. The van der Waals surface area contributed by atoms with E-state index in [2.05, 4.69) is 42.2 Å². The van der Waals surface area contributed by atoms with E-state index in [0.717, 1.165) is 32.0 Å². The van der Waals surface area contributed by atoms with Gasteiger partial charge in [-0.25, -0.2) is 0 Å². The zero-order chi connectivity index (χ0) is 12.6. The van der Waals surface area contributed by atoms with Gasteiger partial charge >= 0.3 is 0 Å². The maximum atomic E-state index is 5.70. The fraction of sp³-hybridized carbons (Fsp3) is 0.600. The first-order chi connectivity index (χ1) is 8.88. The molecule has 0 aliphatic carbocycles. The molecule has 1 aromatic carbocycles. The topological polar surface area (TPSA) is 12.5 Å². The van der Waals surface area contributed by atoms with Crippen LogP contribution in [0.1, 0.15) is 19.8 Å². The molecule has 0 bridgehead atoms. The molecule has 0 N–H and O–H groups in total. The van der Waals surface area contributed by atoms with Crippen molar-refractivity contribution < 1.29 is 4.74 Å². The molecule has 18 heavy (non-hydrogen) atoms. The van der Waals surface area contributed by atoms with Crippen LogP contribution in [-0.4, -0.2) is 43.0 Å². The predicted octanol–water partition coefficient (Wildman–Crippen LogP) is 3.28. The Labute approximate surface area is 115 Å². The molecule has 0 amide bonds. The fourth-order valence-corrected chi connectivity index (χ4v) is 3.20. The maximum Gasteiger partial charge on any atom is 0.0702 e. The Balaban J connectivity index is 1.67. The highest BCUT2D eigenvalue weighted by Gasteiger charge is 2.18. The summed E-state index contributed by atoms with van der Waals surface area (Å²) < 4.78 is 5.70. The number of rotatable bonds is 7. The quantitative estimate of drug-likeness (QED) is 0.702. The molecule has 0 spiro atoms. The summed E-state index contributed by atoms with van der Waals surface area (Å²) in [5, 5.41) is 0. The molecule has 1 saturated heterocycles. The summed E-state index contributed by atoms with van der Waals surface area (Å²) in [6.07, 6.45) is 2.95. The summed E-state index contributed by atoms with van der Waals surface area (Å²) in [6.45, 7) is 6.57. The first-order valence-electron chi connectivity index (χ1n) is 6.90. The average molecular weight is 265 g/mol. The third kappa shape index (κ3) is 4.63. The molecule has 0 aromatic heterocycles. The Morgan fingerprint density at radius 3 is 2.83 bits per heavy atom. The van der Waals surface area contributed by atoms with E-state index in [1.807, 2.05) is 11.8 Å². The van der Waals surface area contributed by atoms with Gasteiger partial charge in [-0.2, -0.15) is 0 Å². The van der Waals surface area contributed by atoms with Crippen LogP contribution in [0.25, 0.3) is 0 Å². The lowest BCUT2D eigenvalue weighted by Crippen LogP contribution is -2.33. The fourth-order valence-electron chi connectivity index (χ4n) is 2.26. The Bertz CT molecular complexity index is 325. The van der Waals surface area contributed by atoms with Crippen LogP contribution in [0, 0.1) is 0 Å². The lowest BCUT2D eigenvalue weighted by atomic mass is 10.2. The summed E-state index contributed by atoms with van der Waals surface area (Å²) in [5.41, 5.74) is 0. The van der Waals surface area contributed by atoms with Crippen molar-refractivity contribution in [3.05, 3.63) is 30.3 Å². The van der Waals surface area contributed by atoms with E-state index in [4.69, 9.17) is 4.74 Å². The number of nitrogens with zero attached hydrogens (tertiary/aromatic N) is 1. The summed E-state index contributed by atoms with van der Waals surface area (Å²) in [7, 11) is 0. The summed E-state index contributed by atoms with van der Waals surface area (Å²) in [6, 6.07) is 10.6. The van der Waals surface area contributed by atoms with E-state index in [0.29, 0.717) is 6.10 Å². The SMILES string of the molecule is CCN(CCSc1ccccc1)CC1CCCO1. The van der Waals surface area contributed by atoms with Gasteiger partial charge in [0.1, 0.15) is 0 Å². The van der Waals surface area contributed by atoms with E-state index in [9.17, 15) is 0 Å². The van der Waals surface area contributed by atoms with Crippen LogP contribution < -0.4 is 0 Å². The smallest absolute Gasteiger partial charge is 0.0702 e. The Kier molecular flexibility index (Phi) is 6.05. The Hall–Kier alpha value is -0.510. The van der Waals surface area contributed by atoms with E-state index >= 15 is 0 Å². The van der Waals surface area contributed by atoms with Crippen molar-refractivity contribution in [3.63, 3.8) is 0 Å². The minimum Gasteiger partial charge on any atom is -0.377 e. The first kappa shape index (κ1) is 13.9. The summed E-state index contributed by atoms with van der Waals surface area (Å²) >= 11 is 1.94. The van der Waals surface area contributed by atoms with E-state index < -0.39 is 0 Å². The second-order valence-electron chi connectivity index (χ2n) is 4.69. The van der Waals surface area contributed by atoms with Gasteiger partial charge in [-0.15, -0.1) is 11.8 Å². The Morgan fingerprint density at radius 2 is 2.17 bits per heavy atom. The van der Waals surface area contributed by atoms with Crippen LogP contribution in [0.5, 0.6) is 0 Å². The van der Waals surface area contributed by atoms with Gasteiger partial charge in [0, 0.05) is 30.3 Å². The van der Waals surface area contributed by atoms with Crippen LogP contribution in [-0.2, 0) is 4.74 Å². The highest BCUT2D eigenvalue weighted by atomic mass is 32.2. The van der Waals surface area contributed by atoms with Gasteiger partial charge in [0.2, 0.25) is 0 Å². The van der Waals surface area contributed by atoms with E-state index in [1.165, 1.54) is 17.7 Å².